The standard InChI is InChI=1S/C17H11NO/c1-2-6-12(7-3-1)16-10-14-13-8-4-5-9-15(13)18-11-17(14)19-16/h1-11H. The fraction of sp³-hybridized carbons (Fsp3) is 0. The van der Waals surface area contributed by atoms with Crippen LogP contribution in [0.15, 0.2) is 71.3 Å². The molecule has 0 saturated carbocycles. The van der Waals surface area contributed by atoms with Crippen molar-refractivity contribution in [2.75, 3.05) is 0 Å². The molecule has 0 radical (unpaired) electrons. The van der Waals surface area contributed by atoms with E-state index in [0.717, 1.165) is 33.2 Å². The van der Waals surface area contributed by atoms with Gasteiger partial charge in [-0.25, -0.2) is 0 Å². The topological polar surface area (TPSA) is 26.0 Å². The van der Waals surface area contributed by atoms with Crippen LogP contribution in [-0.4, -0.2) is 4.98 Å². The van der Waals surface area contributed by atoms with E-state index in [1.54, 1.807) is 6.20 Å². The Bertz CT molecular complexity index is 862. The second-order valence-electron chi connectivity index (χ2n) is 4.53. The van der Waals surface area contributed by atoms with Crippen LogP contribution in [0, 0.1) is 0 Å². The first kappa shape index (κ1) is 10.3. The molecule has 0 N–H and O–H groups in total. The molecule has 19 heavy (non-hydrogen) atoms. The average Bonchev–Trinajstić information content (AvgIpc) is 2.93. The maximum absolute atomic E-state index is 5.90. The van der Waals surface area contributed by atoms with Crippen LogP contribution in [0.3, 0.4) is 0 Å². The highest BCUT2D eigenvalue weighted by Gasteiger charge is 2.09. The van der Waals surface area contributed by atoms with E-state index in [-0.39, 0.29) is 0 Å². The number of hydrogen-bond acceptors (Lipinski definition) is 2. The van der Waals surface area contributed by atoms with Gasteiger partial charge in [0.05, 0.1) is 11.7 Å². The number of nitrogens with zero attached hydrogens (tertiary/aromatic N) is 1. The van der Waals surface area contributed by atoms with Crippen molar-refractivity contribution in [2.24, 2.45) is 0 Å². The largest absolute Gasteiger partial charge is 0.454 e. The number of para-hydroxylation sites is 1. The molecular weight excluding hydrogens is 234 g/mol. The highest BCUT2D eigenvalue weighted by Crippen LogP contribution is 2.31. The normalized spacial score (nSPS) is 11.2. The minimum atomic E-state index is 0.831. The van der Waals surface area contributed by atoms with Crippen molar-refractivity contribution in [3.63, 3.8) is 0 Å². The van der Waals surface area contributed by atoms with Crippen LogP contribution in [0.2, 0.25) is 0 Å². The van der Waals surface area contributed by atoms with Gasteiger partial charge in [-0.3, -0.25) is 4.98 Å². The quantitative estimate of drug-likeness (QED) is 0.488. The van der Waals surface area contributed by atoms with Crippen molar-refractivity contribution in [1.29, 1.82) is 0 Å². The average molecular weight is 245 g/mol. The van der Waals surface area contributed by atoms with Crippen molar-refractivity contribution in [3.05, 3.63) is 66.9 Å². The third-order valence-corrected chi connectivity index (χ3v) is 3.33. The highest BCUT2D eigenvalue weighted by atomic mass is 16.3. The lowest BCUT2D eigenvalue weighted by Gasteiger charge is -1.95. The first-order chi connectivity index (χ1) is 9.42. The van der Waals surface area contributed by atoms with Gasteiger partial charge in [0, 0.05) is 16.3 Å². The number of fused-ring (bicyclic) bond motifs is 3. The Morgan fingerprint density at radius 2 is 1.58 bits per heavy atom. The van der Waals surface area contributed by atoms with Crippen molar-refractivity contribution in [1.82, 2.24) is 4.98 Å². The van der Waals surface area contributed by atoms with Crippen molar-refractivity contribution in [3.8, 4) is 11.3 Å². The summed E-state index contributed by atoms with van der Waals surface area (Å²) < 4.78 is 5.90. The van der Waals surface area contributed by atoms with Crippen LogP contribution in [0.1, 0.15) is 0 Å². The van der Waals surface area contributed by atoms with Gasteiger partial charge in [-0.05, 0) is 12.1 Å². The van der Waals surface area contributed by atoms with Crippen molar-refractivity contribution in [2.45, 2.75) is 0 Å². The van der Waals surface area contributed by atoms with Gasteiger partial charge in [-0.1, -0.05) is 48.5 Å². The van der Waals surface area contributed by atoms with E-state index in [9.17, 15) is 0 Å². The lowest BCUT2D eigenvalue weighted by molar-refractivity contribution is 0.630. The number of rotatable bonds is 1. The molecule has 0 saturated heterocycles. The molecule has 0 bridgehead atoms. The molecule has 0 aliphatic heterocycles. The van der Waals surface area contributed by atoms with Gasteiger partial charge in [0.25, 0.3) is 0 Å². The molecule has 0 amide bonds. The monoisotopic (exact) mass is 245 g/mol. The van der Waals surface area contributed by atoms with E-state index in [0.29, 0.717) is 0 Å². The summed E-state index contributed by atoms with van der Waals surface area (Å²) in [5.41, 5.74) is 2.91. The van der Waals surface area contributed by atoms with Gasteiger partial charge in [-0.2, -0.15) is 0 Å². The van der Waals surface area contributed by atoms with Gasteiger partial charge in [0.15, 0.2) is 5.58 Å². The molecule has 2 heteroatoms. The summed E-state index contributed by atoms with van der Waals surface area (Å²) in [6, 6.07) is 20.3. The second-order valence-corrected chi connectivity index (χ2v) is 4.53. The van der Waals surface area contributed by atoms with E-state index in [2.05, 4.69) is 17.1 Å². The molecule has 0 unspecified atom stereocenters. The lowest BCUT2D eigenvalue weighted by atomic mass is 10.1. The summed E-state index contributed by atoms with van der Waals surface area (Å²) in [5, 5.41) is 2.25. The van der Waals surface area contributed by atoms with E-state index in [4.69, 9.17) is 4.42 Å². The molecule has 2 aromatic heterocycles. The van der Waals surface area contributed by atoms with Gasteiger partial charge in [0.1, 0.15) is 5.76 Å². The molecule has 2 nitrogen and oxygen atoms in total. The Kier molecular flexibility index (Phi) is 2.15. The third-order valence-electron chi connectivity index (χ3n) is 3.33. The van der Waals surface area contributed by atoms with Gasteiger partial charge >= 0.3 is 0 Å². The summed E-state index contributed by atoms with van der Waals surface area (Å²) in [6.07, 6.45) is 1.80. The fourth-order valence-electron chi connectivity index (χ4n) is 2.40. The van der Waals surface area contributed by atoms with E-state index in [1.807, 2.05) is 48.5 Å². The zero-order valence-electron chi connectivity index (χ0n) is 10.2. The summed E-state index contributed by atoms with van der Waals surface area (Å²) in [4.78, 5) is 4.42. The summed E-state index contributed by atoms with van der Waals surface area (Å²) in [5.74, 6) is 0.883. The summed E-state index contributed by atoms with van der Waals surface area (Å²) in [6.45, 7) is 0. The van der Waals surface area contributed by atoms with Gasteiger partial charge in [0.2, 0.25) is 0 Å². The lowest BCUT2D eigenvalue weighted by Crippen LogP contribution is -1.77. The maximum Gasteiger partial charge on any atom is 0.153 e. The predicted molar refractivity (Wildman–Crippen MR) is 77.0 cm³/mol. The minimum Gasteiger partial charge on any atom is -0.454 e. The van der Waals surface area contributed by atoms with E-state index < -0.39 is 0 Å². The smallest absolute Gasteiger partial charge is 0.153 e. The zero-order valence-corrected chi connectivity index (χ0v) is 10.2. The highest BCUT2D eigenvalue weighted by molar-refractivity contribution is 6.04. The Morgan fingerprint density at radius 3 is 2.47 bits per heavy atom. The van der Waals surface area contributed by atoms with Gasteiger partial charge in [-0.15, -0.1) is 0 Å². The van der Waals surface area contributed by atoms with Crippen LogP contribution >= 0.6 is 0 Å². The van der Waals surface area contributed by atoms with Crippen LogP contribution < -0.4 is 0 Å². The first-order valence-electron chi connectivity index (χ1n) is 6.24. The SMILES string of the molecule is c1ccc(-c2cc3c(cnc4ccccc43)o2)cc1. The molecule has 90 valence electrons. The molecule has 2 heterocycles. The Morgan fingerprint density at radius 1 is 0.789 bits per heavy atom. The number of aromatic nitrogens is 1. The Labute approximate surface area is 110 Å². The van der Waals surface area contributed by atoms with Crippen molar-refractivity contribution < 1.29 is 4.42 Å². The van der Waals surface area contributed by atoms with Crippen LogP contribution in [0.25, 0.3) is 33.2 Å². The van der Waals surface area contributed by atoms with Crippen molar-refractivity contribution >= 4 is 21.9 Å². The number of benzene rings is 2. The van der Waals surface area contributed by atoms with Crippen LogP contribution in [0.4, 0.5) is 0 Å². The third kappa shape index (κ3) is 1.61. The molecular formula is C17H11NO. The Hall–Kier alpha value is -2.61. The van der Waals surface area contributed by atoms with E-state index >= 15 is 0 Å². The van der Waals surface area contributed by atoms with Crippen LogP contribution in [0.5, 0.6) is 0 Å². The number of pyridine rings is 1. The predicted octanol–water partition coefficient (Wildman–Crippen LogP) is 4.65. The van der Waals surface area contributed by atoms with Gasteiger partial charge < -0.3 is 4.42 Å². The molecule has 0 atom stereocenters. The summed E-state index contributed by atoms with van der Waals surface area (Å²) >= 11 is 0. The molecule has 0 spiro atoms. The molecule has 4 rings (SSSR count). The molecule has 0 fully saturated rings. The Balaban J connectivity index is 2.04. The van der Waals surface area contributed by atoms with E-state index in [1.165, 1.54) is 0 Å². The molecule has 0 aliphatic carbocycles. The first-order valence-corrected chi connectivity index (χ1v) is 6.24. The summed E-state index contributed by atoms with van der Waals surface area (Å²) in [7, 11) is 0. The molecule has 2 aromatic carbocycles. The fourth-order valence-corrected chi connectivity index (χ4v) is 2.40. The second kappa shape index (κ2) is 3.95. The molecule has 4 aromatic rings. The number of hydrogen-bond donors (Lipinski definition) is 0. The maximum atomic E-state index is 5.90. The molecule has 0 aliphatic rings. The van der Waals surface area contributed by atoms with Crippen LogP contribution in [-0.2, 0) is 0 Å². The number of furan rings is 1. The minimum absolute atomic E-state index is 0.831. The zero-order chi connectivity index (χ0) is 12.7.